The predicted octanol–water partition coefficient (Wildman–Crippen LogP) is 11.7. The zero-order valence-corrected chi connectivity index (χ0v) is 26.4. The molecular weight excluding hydrogens is 644 g/mol. The third kappa shape index (κ3) is 3.89. The molecule has 0 bridgehead atoms. The first-order valence-electron chi connectivity index (χ1n) is 14.1. The summed E-state index contributed by atoms with van der Waals surface area (Å²) in [7, 11) is 0. The Morgan fingerprint density at radius 1 is 0.452 bits per heavy atom. The molecule has 202 valence electrons. The van der Waals surface area contributed by atoms with Crippen LogP contribution < -0.4 is 0 Å². The number of halogens is 2. The second kappa shape index (κ2) is 9.72. The first kappa shape index (κ1) is 25.6. The van der Waals surface area contributed by atoms with Crippen molar-refractivity contribution in [3.05, 3.63) is 141 Å². The van der Waals surface area contributed by atoms with E-state index in [0.717, 1.165) is 20.3 Å². The van der Waals surface area contributed by atoms with Gasteiger partial charge < -0.3 is 9.13 Å². The summed E-state index contributed by atoms with van der Waals surface area (Å²) in [6, 6.07) is 44.3. The lowest BCUT2D eigenvalue weighted by molar-refractivity contribution is 1.10. The lowest BCUT2D eigenvalue weighted by Crippen LogP contribution is -2.05. The highest BCUT2D eigenvalue weighted by molar-refractivity contribution is 9.10. The Bertz CT molecular complexity index is 2220. The quantitative estimate of drug-likeness (QED) is 0.177. The Labute approximate surface area is 261 Å². The fourth-order valence-corrected chi connectivity index (χ4v) is 7.24. The van der Waals surface area contributed by atoms with E-state index in [2.05, 4.69) is 176 Å². The van der Waals surface area contributed by atoms with Crippen LogP contribution in [0.15, 0.2) is 130 Å². The molecule has 2 nitrogen and oxygen atoms in total. The van der Waals surface area contributed by atoms with E-state index >= 15 is 0 Å². The number of fused-ring (bicyclic) bond motifs is 6. The summed E-state index contributed by atoms with van der Waals surface area (Å²) < 4.78 is 7.08. The number of rotatable bonds is 3. The number of hydrogen-bond acceptors (Lipinski definition) is 0. The molecule has 0 fully saturated rings. The smallest absolute Gasteiger partial charge is 0.0781 e. The van der Waals surface area contributed by atoms with Gasteiger partial charge in [-0.05, 0) is 86.1 Å². The van der Waals surface area contributed by atoms with Crippen molar-refractivity contribution in [1.82, 2.24) is 9.13 Å². The largest absolute Gasteiger partial charge is 0.307 e. The van der Waals surface area contributed by atoms with Gasteiger partial charge in [0.2, 0.25) is 0 Å². The van der Waals surface area contributed by atoms with Crippen LogP contribution in [0.5, 0.6) is 0 Å². The van der Waals surface area contributed by atoms with Gasteiger partial charge in [0.05, 0.1) is 33.4 Å². The maximum absolute atomic E-state index is 3.75. The van der Waals surface area contributed by atoms with Gasteiger partial charge in [0.25, 0.3) is 0 Å². The van der Waals surface area contributed by atoms with Crippen LogP contribution in [0.1, 0.15) is 11.1 Å². The highest BCUT2D eigenvalue weighted by Crippen LogP contribution is 2.43. The van der Waals surface area contributed by atoms with Crippen LogP contribution >= 0.6 is 31.9 Å². The van der Waals surface area contributed by atoms with Crippen molar-refractivity contribution in [3.63, 3.8) is 0 Å². The third-order valence-corrected chi connectivity index (χ3v) is 9.32. The molecule has 0 radical (unpaired) electrons. The number of aryl methyl sites for hydroxylation is 2. The summed E-state index contributed by atoms with van der Waals surface area (Å²) in [5.41, 5.74) is 11.9. The molecule has 0 saturated heterocycles. The molecule has 0 aliphatic rings. The molecule has 0 saturated carbocycles. The van der Waals surface area contributed by atoms with Crippen molar-refractivity contribution < 1.29 is 0 Å². The van der Waals surface area contributed by atoms with Gasteiger partial charge in [0.1, 0.15) is 0 Å². The van der Waals surface area contributed by atoms with Gasteiger partial charge in [-0.3, -0.25) is 0 Å². The normalized spacial score (nSPS) is 11.8. The topological polar surface area (TPSA) is 9.86 Å². The molecule has 42 heavy (non-hydrogen) atoms. The fraction of sp³-hybridized carbons (Fsp3) is 0.0526. The molecule has 0 atom stereocenters. The first-order valence-corrected chi connectivity index (χ1v) is 15.7. The lowest BCUT2D eigenvalue weighted by atomic mass is 10.0. The lowest BCUT2D eigenvalue weighted by Gasteiger charge is -2.21. The predicted molar refractivity (Wildman–Crippen MR) is 185 cm³/mol. The molecule has 0 unspecified atom stereocenters. The molecule has 6 aromatic carbocycles. The monoisotopic (exact) mass is 668 g/mol. The van der Waals surface area contributed by atoms with Gasteiger partial charge >= 0.3 is 0 Å². The minimum Gasteiger partial charge on any atom is -0.307 e. The molecule has 4 heteroatoms. The maximum Gasteiger partial charge on any atom is 0.0781 e. The van der Waals surface area contributed by atoms with E-state index in [1.807, 2.05) is 0 Å². The molecule has 0 amide bonds. The Morgan fingerprint density at radius 2 is 0.952 bits per heavy atom. The minimum absolute atomic E-state index is 1.08. The second-order valence-electron chi connectivity index (χ2n) is 11.1. The van der Waals surface area contributed by atoms with Crippen molar-refractivity contribution in [2.75, 3.05) is 0 Å². The highest BCUT2D eigenvalue weighted by Gasteiger charge is 2.22. The molecule has 0 N–H and O–H groups in total. The summed E-state index contributed by atoms with van der Waals surface area (Å²) in [5.74, 6) is 0. The fourth-order valence-electron chi connectivity index (χ4n) is 6.52. The van der Waals surface area contributed by atoms with Crippen molar-refractivity contribution in [2.24, 2.45) is 0 Å². The number of hydrogen-bond donors (Lipinski definition) is 0. The van der Waals surface area contributed by atoms with Crippen LogP contribution in [0.25, 0.3) is 66.1 Å². The summed E-state index contributed by atoms with van der Waals surface area (Å²) in [5, 5.41) is 4.98. The number of para-hydroxylation sites is 1. The van der Waals surface area contributed by atoms with Crippen molar-refractivity contribution >= 4 is 75.5 Å². The molecule has 2 heterocycles. The van der Waals surface area contributed by atoms with E-state index in [1.54, 1.807) is 0 Å². The number of aromatic nitrogens is 2. The Morgan fingerprint density at radius 3 is 1.52 bits per heavy atom. The number of nitrogens with zero attached hydrogens (tertiary/aromatic N) is 2. The molecule has 0 aliphatic carbocycles. The van der Waals surface area contributed by atoms with E-state index < -0.39 is 0 Å². The van der Waals surface area contributed by atoms with Crippen LogP contribution in [0.2, 0.25) is 0 Å². The van der Waals surface area contributed by atoms with Gasteiger partial charge in [-0.25, -0.2) is 0 Å². The molecule has 8 aromatic rings. The standard InChI is InChI=1S/C38H26Br2N2/c1-23-11-15-33-29(19-23)31-21-26(39)13-17-34(31)41(33)37-10-6-9-28(25-7-4-3-5-8-25)38(37)42-35-16-12-24(2)20-30(35)32-22-27(40)14-18-36(32)42/h3-22H,1-2H3. The van der Waals surface area contributed by atoms with Crippen LogP contribution in [-0.2, 0) is 0 Å². The minimum atomic E-state index is 1.08. The average Bonchev–Trinajstić information content (AvgIpc) is 3.48. The van der Waals surface area contributed by atoms with Gasteiger partial charge in [0.15, 0.2) is 0 Å². The molecular formula is C38H26Br2N2. The van der Waals surface area contributed by atoms with Crippen molar-refractivity contribution in [2.45, 2.75) is 13.8 Å². The Hall–Kier alpha value is -4.12. The molecule has 8 rings (SSSR count). The van der Waals surface area contributed by atoms with E-state index in [9.17, 15) is 0 Å². The third-order valence-electron chi connectivity index (χ3n) is 8.33. The van der Waals surface area contributed by atoms with Gasteiger partial charge in [0, 0.05) is 36.1 Å². The van der Waals surface area contributed by atoms with Crippen molar-refractivity contribution in [1.29, 1.82) is 0 Å². The highest BCUT2D eigenvalue weighted by atomic mass is 79.9. The van der Waals surface area contributed by atoms with Crippen molar-refractivity contribution in [3.8, 4) is 22.5 Å². The molecule has 0 spiro atoms. The summed E-state index contributed by atoms with van der Waals surface area (Å²) in [4.78, 5) is 0. The van der Waals surface area contributed by atoms with Gasteiger partial charge in [-0.1, -0.05) is 97.6 Å². The average molecular weight is 670 g/mol. The molecule has 2 aromatic heterocycles. The van der Waals surface area contributed by atoms with Crippen LogP contribution in [0, 0.1) is 13.8 Å². The zero-order chi connectivity index (χ0) is 28.5. The second-order valence-corrected chi connectivity index (χ2v) is 12.9. The SMILES string of the molecule is Cc1ccc2c(c1)c1cc(Br)ccc1n2-c1cccc(-c2ccccc2)c1-n1c2ccc(C)cc2c2cc(Br)ccc21. The van der Waals surface area contributed by atoms with E-state index in [0.29, 0.717) is 0 Å². The van der Waals surface area contributed by atoms with E-state index in [4.69, 9.17) is 0 Å². The van der Waals surface area contributed by atoms with E-state index in [1.165, 1.54) is 65.9 Å². The van der Waals surface area contributed by atoms with Gasteiger partial charge in [-0.15, -0.1) is 0 Å². The van der Waals surface area contributed by atoms with Crippen LogP contribution in [0.4, 0.5) is 0 Å². The summed E-state index contributed by atoms with van der Waals surface area (Å²) in [6.45, 7) is 4.34. The zero-order valence-electron chi connectivity index (χ0n) is 23.2. The summed E-state index contributed by atoms with van der Waals surface area (Å²) in [6.07, 6.45) is 0. The molecule has 0 aliphatic heterocycles. The maximum atomic E-state index is 3.75. The Balaban J connectivity index is 1.60. The Kier molecular flexibility index (Phi) is 5.92. The van der Waals surface area contributed by atoms with Gasteiger partial charge in [-0.2, -0.15) is 0 Å². The van der Waals surface area contributed by atoms with Crippen LogP contribution in [-0.4, -0.2) is 9.13 Å². The number of benzene rings is 6. The first-order chi connectivity index (χ1) is 20.5. The van der Waals surface area contributed by atoms with E-state index in [-0.39, 0.29) is 0 Å². The van der Waals surface area contributed by atoms with Crippen LogP contribution in [0.3, 0.4) is 0 Å². The summed E-state index contributed by atoms with van der Waals surface area (Å²) >= 11 is 7.49.